The summed E-state index contributed by atoms with van der Waals surface area (Å²) in [5.41, 5.74) is 7.08. The Labute approximate surface area is 86.1 Å². The lowest BCUT2D eigenvalue weighted by molar-refractivity contribution is 0.317. The van der Waals surface area contributed by atoms with Crippen molar-refractivity contribution in [3.63, 3.8) is 0 Å². The zero-order valence-corrected chi connectivity index (χ0v) is 8.99. The molecule has 0 aliphatic carbocycles. The Balaban J connectivity index is 2.59. The summed E-state index contributed by atoms with van der Waals surface area (Å²) in [4.78, 5) is 0. The van der Waals surface area contributed by atoms with Crippen LogP contribution < -0.4 is 10.5 Å². The summed E-state index contributed by atoms with van der Waals surface area (Å²) in [6.45, 7) is 4.96. The average Bonchev–Trinajstić information content (AvgIpc) is 2.26. The number of hydrogen-bond acceptors (Lipinski definition) is 2. The van der Waals surface area contributed by atoms with E-state index in [0.29, 0.717) is 0 Å². The van der Waals surface area contributed by atoms with E-state index < -0.39 is 0 Å². The lowest BCUT2D eigenvalue weighted by atomic mass is 10.1. The molecule has 0 bridgehead atoms. The topological polar surface area (TPSA) is 35.2 Å². The molecule has 0 saturated heterocycles. The summed E-state index contributed by atoms with van der Waals surface area (Å²) < 4.78 is 5.48. The van der Waals surface area contributed by atoms with Crippen molar-refractivity contribution in [2.24, 2.45) is 5.73 Å². The highest BCUT2D eigenvalue weighted by molar-refractivity contribution is 5.28. The molecule has 0 aliphatic rings. The molecule has 2 heteroatoms. The van der Waals surface area contributed by atoms with E-state index in [4.69, 9.17) is 10.5 Å². The summed E-state index contributed by atoms with van der Waals surface area (Å²) >= 11 is 0. The van der Waals surface area contributed by atoms with E-state index in [0.717, 1.165) is 25.2 Å². The number of hydrogen-bond donors (Lipinski definition) is 1. The Bertz CT molecular complexity index is 256. The molecule has 0 aromatic heterocycles. The molecule has 0 saturated carbocycles. The lowest BCUT2D eigenvalue weighted by Crippen LogP contribution is -2.08. The maximum atomic E-state index is 5.90. The van der Waals surface area contributed by atoms with Crippen LogP contribution in [-0.2, 0) is 0 Å². The van der Waals surface area contributed by atoms with Gasteiger partial charge in [0.2, 0.25) is 0 Å². The minimum Gasteiger partial charge on any atom is -0.494 e. The van der Waals surface area contributed by atoms with Crippen LogP contribution in [0.1, 0.15) is 38.3 Å². The summed E-state index contributed by atoms with van der Waals surface area (Å²) in [6, 6.07) is 8.20. The van der Waals surface area contributed by atoms with Crippen molar-refractivity contribution in [2.45, 2.75) is 32.7 Å². The van der Waals surface area contributed by atoms with Crippen LogP contribution in [0.2, 0.25) is 0 Å². The van der Waals surface area contributed by atoms with E-state index in [2.05, 4.69) is 13.8 Å². The maximum absolute atomic E-state index is 5.90. The molecule has 0 heterocycles. The second-order valence-electron chi connectivity index (χ2n) is 3.43. The van der Waals surface area contributed by atoms with Gasteiger partial charge in [-0.2, -0.15) is 0 Å². The van der Waals surface area contributed by atoms with Gasteiger partial charge in [0.1, 0.15) is 5.75 Å². The van der Waals surface area contributed by atoms with Gasteiger partial charge in [0.25, 0.3) is 0 Å². The standard InChI is InChI=1S/C12H19NO/c1-3-9-14-11-7-5-10(6-8-11)12(13)4-2/h5-8,12H,3-4,9,13H2,1-2H3. The smallest absolute Gasteiger partial charge is 0.119 e. The molecule has 1 rings (SSSR count). The van der Waals surface area contributed by atoms with E-state index >= 15 is 0 Å². The molecule has 14 heavy (non-hydrogen) atoms. The zero-order chi connectivity index (χ0) is 10.4. The fourth-order valence-electron chi connectivity index (χ4n) is 1.27. The Kier molecular flexibility index (Phi) is 4.47. The Morgan fingerprint density at radius 2 is 1.86 bits per heavy atom. The van der Waals surface area contributed by atoms with Gasteiger partial charge in [-0.05, 0) is 30.5 Å². The van der Waals surface area contributed by atoms with E-state index in [1.165, 1.54) is 5.56 Å². The van der Waals surface area contributed by atoms with Gasteiger partial charge in [0.15, 0.2) is 0 Å². The molecule has 1 aromatic carbocycles. The molecule has 0 amide bonds. The minimum atomic E-state index is 0.148. The quantitative estimate of drug-likeness (QED) is 0.780. The van der Waals surface area contributed by atoms with Gasteiger partial charge in [-0.3, -0.25) is 0 Å². The molecule has 1 atom stereocenters. The summed E-state index contributed by atoms with van der Waals surface area (Å²) in [6.07, 6.45) is 2.01. The van der Waals surface area contributed by atoms with Gasteiger partial charge in [-0.25, -0.2) is 0 Å². The molecular weight excluding hydrogens is 174 g/mol. The number of nitrogens with two attached hydrogens (primary N) is 1. The van der Waals surface area contributed by atoms with Crippen LogP contribution >= 0.6 is 0 Å². The van der Waals surface area contributed by atoms with Crippen molar-refractivity contribution < 1.29 is 4.74 Å². The van der Waals surface area contributed by atoms with Gasteiger partial charge in [-0.15, -0.1) is 0 Å². The van der Waals surface area contributed by atoms with Crippen molar-refractivity contribution in [1.82, 2.24) is 0 Å². The van der Waals surface area contributed by atoms with Gasteiger partial charge < -0.3 is 10.5 Å². The molecule has 0 aliphatic heterocycles. The third-order valence-corrected chi connectivity index (χ3v) is 2.22. The van der Waals surface area contributed by atoms with Crippen LogP contribution in [-0.4, -0.2) is 6.61 Å². The van der Waals surface area contributed by atoms with Gasteiger partial charge in [0, 0.05) is 6.04 Å². The number of ether oxygens (including phenoxy) is 1. The maximum Gasteiger partial charge on any atom is 0.119 e. The highest BCUT2D eigenvalue weighted by Crippen LogP contribution is 2.18. The molecule has 0 fully saturated rings. The number of benzene rings is 1. The largest absolute Gasteiger partial charge is 0.494 e. The third-order valence-electron chi connectivity index (χ3n) is 2.22. The molecule has 2 nitrogen and oxygen atoms in total. The van der Waals surface area contributed by atoms with E-state index in [-0.39, 0.29) is 6.04 Å². The molecule has 0 radical (unpaired) electrons. The zero-order valence-electron chi connectivity index (χ0n) is 8.99. The van der Waals surface area contributed by atoms with Crippen molar-refractivity contribution in [3.8, 4) is 5.75 Å². The Morgan fingerprint density at radius 1 is 1.21 bits per heavy atom. The molecular formula is C12H19NO. The fraction of sp³-hybridized carbons (Fsp3) is 0.500. The predicted octanol–water partition coefficient (Wildman–Crippen LogP) is 2.89. The normalized spacial score (nSPS) is 12.5. The summed E-state index contributed by atoms with van der Waals surface area (Å²) in [7, 11) is 0. The molecule has 1 aromatic rings. The first-order valence-corrected chi connectivity index (χ1v) is 5.26. The van der Waals surface area contributed by atoms with E-state index in [1.807, 2.05) is 24.3 Å². The second kappa shape index (κ2) is 5.66. The summed E-state index contributed by atoms with van der Waals surface area (Å²) in [5, 5.41) is 0. The SMILES string of the molecule is CCCOc1ccc(C(N)CC)cc1. The molecule has 1 unspecified atom stereocenters. The number of rotatable bonds is 5. The second-order valence-corrected chi connectivity index (χ2v) is 3.43. The average molecular weight is 193 g/mol. The van der Waals surface area contributed by atoms with Gasteiger partial charge in [-0.1, -0.05) is 26.0 Å². The Morgan fingerprint density at radius 3 is 2.36 bits per heavy atom. The van der Waals surface area contributed by atoms with Crippen LogP contribution in [0.15, 0.2) is 24.3 Å². The molecule has 0 spiro atoms. The van der Waals surface area contributed by atoms with Crippen LogP contribution in [0, 0.1) is 0 Å². The van der Waals surface area contributed by atoms with Crippen molar-refractivity contribution in [1.29, 1.82) is 0 Å². The highest BCUT2D eigenvalue weighted by atomic mass is 16.5. The minimum absolute atomic E-state index is 0.148. The van der Waals surface area contributed by atoms with E-state index in [1.54, 1.807) is 0 Å². The van der Waals surface area contributed by atoms with Crippen molar-refractivity contribution in [3.05, 3.63) is 29.8 Å². The van der Waals surface area contributed by atoms with Gasteiger partial charge >= 0.3 is 0 Å². The van der Waals surface area contributed by atoms with Crippen molar-refractivity contribution >= 4 is 0 Å². The monoisotopic (exact) mass is 193 g/mol. The first-order chi connectivity index (χ1) is 6.77. The third kappa shape index (κ3) is 3.04. The lowest BCUT2D eigenvalue weighted by Gasteiger charge is -2.10. The molecule has 2 N–H and O–H groups in total. The van der Waals surface area contributed by atoms with Gasteiger partial charge in [0.05, 0.1) is 6.61 Å². The van der Waals surface area contributed by atoms with E-state index in [9.17, 15) is 0 Å². The fourth-order valence-corrected chi connectivity index (χ4v) is 1.27. The van der Waals surface area contributed by atoms with Crippen LogP contribution in [0.4, 0.5) is 0 Å². The van der Waals surface area contributed by atoms with Crippen LogP contribution in [0.5, 0.6) is 5.75 Å². The first kappa shape index (κ1) is 11.1. The Hall–Kier alpha value is -1.02. The summed E-state index contributed by atoms with van der Waals surface area (Å²) in [5.74, 6) is 0.930. The van der Waals surface area contributed by atoms with Crippen molar-refractivity contribution in [2.75, 3.05) is 6.61 Å². The van der Waals surface area contributed by atoms with Crippen LogP contribution in [0.3, 0.4) is 0 Å². The van der Waals surface area contributed by atoms with Crippen LogP contribution in [0.25, 0.3) is 0 Å². The predicted molar refractivity (Wildman–Crippen MR) is 59.4 cm³/mol. The highest BCUT2D eigenvalue weighted by Gasteiger charge is 2.02. The first-order valence-electron chi connectivity index (χ1n) is 5.26. The molecule has 78 valence electrons.